The fourth-order valence-corrected chi connectivity index (χ4v) is 4.83. The normalized spacial score (nSPS) is 14.7. The van der Waals surface area contributed by atoms with Crippen LogP contribution in [0.5, 0.6) is 11.5 Å². The first-order chi connectivity index (χ1) is 15.5. The number of aryl methyl sites for hydroxylation is 1. The van der Waals surface area contributed by atoms with Crippen LogP contribution in [0.3, 0.4) is 0 Å². The van der Waals surface area contributed by atoms with Crippen LogP contribution in [0.1, 0.15) is 56.1 Å². The van der Waals surface area contributed by atoms with Gasteiger partial charge in [-0.15, -0.1) is 0 Å². The lowest BCUT2D eigenvalue weighted by Gasteiger charge is -2.32. The summed E-state index contributed by atoms with van der Waals surface area (Å²) in [6, 6.07) is 12.8. The Bertz CT molecular complexity index is 1090. The van der Waals surface area contributed by atoms with Crippen LogP contribution in [0.2, 0.25) is 0 Å². The number of amides is 1. The van der Waals surface area contributed by atoms with Gasteiger partial charge in [0.05, 0.1) is 14.2 Å². The van der Waals surface area contributed by atoms with Gasteiger partial charge >= 0.3 is 0 Å². The van der Waals surface area contributed by atoms with Crippen molar-refractivity contribution in [1.29, 1.82) is 0 Å². The Labute approximate surface area is 190 Å². The predicted molar refractivity (Wildman–Crippen MR) is 130 cm³/mol. The molecule has 5 heteroatoms. The number of benzene rings is 2. The Morgan fingerprint density at radius 1 is 1.06 bits per heavy atom. The molecule has 0 atom stereocenters. The minimum absolute atomic E-state index is 0.321. The third-order valence-corrected chi connectivity index (χ3v) is 6.82. The van der Waals surface area contributed by atoms with E-state index in [1.54, 1.807) is 14.2 Å². The fraction of sp³-hybridized carbons (Fsp3) is 0.444. The number of fused-ring (bicyclic) bond motifs is 1. The van der Waals surface area contributed by atoms with Crippen molar-refractivity contribution < 1.29 is 14.3 Å². The Hall–Kier alpha value is -2.95. The van der Waals surface area contributed by atoms with Gasteiger partial charge in [0, 0.05) is 41.7 Å². The third-order valence-electron chi connectivity index (χ3n) is 6.82. The average molecular weight is 435 g/mol. The van der Waals surface area contributed by atoms with Gasteiger partial charge in [-0.1, -0.05) is 19.4 Å². The Kier molecular flexibility index (Phi) is 6.73. The lowest BCUT2D eigenvalue weighted by molar-refractivity contribution is -0.132. The minimum atomic E-state index is 0.321. The van der Waals surface area contributed by atoms with E-state index in [-0.39, 0.29) is 0 Å². The fourth-order valence-electron chi connectivity index (χ4n) is 4.83. The van der Waals surface area contributed by atoms with Gasteiger partial charge in [-0.05, 0) is 73.6 Å². The van der Waals surface area contributed by atoms with Crippen molar-refractivity contribution >= 4 is 16.8 Å². The van der Waals surface area contributed by atoms with Crippen LogP contribution in [0.4, 0.5) is 0 Å². The summed E-state index contributed by atoms with van der Waals surface area (Å²) in [5.74, 6) is 2.28. The molecule has 5 nitrogen and oxygen atoms in total. The summed E-state index contributed by atoms with van der Waals surface area (Å²) in [6.45, 7) is 6.04. The van der Waals surface area contributed by atoms with Gasteiger partial charge in [0.2, 0.25) is 5.91 Å². The highest BCUT2D eigenvalue weighted by atomic mass is 16.5. The Morgan fingerprint density at radius 3 is 2.50 bits per heavy atom. The molecule has 1 aliphatic heterocycles. The molecule has 2 heterocycles. The van der Waals surface area contributed by atoms with Crippen molar-refractivity contribution in [2.24, 2.45) is 0 Å². The zero-order valence-corrected chi connectivity index (χ0v) is 19.7. The molecule has 170 valence electrons. The summed E-state index contributed by atoms with van der Waals surface area (Å²) >= 11 is 0. The Balaban J connectivity index is 1.55. The summed E-state index contributed by atoms with van der Waals surface area (Å²) < 4.78 is 10.9. The molecule has 4 rings (SSSR count). The number of rotatable bonds is 7. The number of carbonyl (C=O) groups is 1. The first-order valence-corrected chi connectivity index (χ1v) is 11.7. The molecular weight excluding hydrogens is 400 g/mol. The molecular formula is C27H34N2O3. The number of carbonyl (C=O) groups excluding carboxylic acids is 1. The number of ether oxygens (including phenoxy) is 2. The Morgan fingerprint density at radius 2 is 1.81 bits per heavy atom. The number of aromatic nitrogens is 1. The van der Waals surface area contributed by atoms with Gasteiger partial charge in [0.1, 0.15) is 0 Å². The highest BCUT2D eigenvalue weighted by Crippen LogP contribution is 2.37. The number of likely N-dealkylation sites (tertiary alicyclic amines) is 1. The van der Waals surface area contributed by atoms with Crippen molar-refractivity contribution in [2.45, 2.75) is 51.9 Å². The molecule has 32 heavy (non-hydrogen) atoms. The van der Waals surface area contributed by atoms with Gasteiger partial charge in [0.25, 0.3) is 0 Å². The molecule has 0 radical (unpaired) electrons. The van der Waals surface area contributed by atoms with E-state index in [4.69, 9.17) is 9.47 Å². The predicted octanol–water partition coefficient (Wildman–Crippen LogP) is 6.06. The molecule has 1 N–H and O–H groups in total. The standard InChI is InChI=1S/C27H34N2O3/c1-5-6-7-26(30)29-14-12-19(13-15-29)20-8-10-23-22(16-20)18(2)27(28-23)21-9-11-24(31-3)25(17-21)32-4/h8-11,16-17,19,28H,5-7,12-15H2,1-4H3. The molecule has 1 fully saturated rings. The van der Waals surface area contributed by atoms with Crippen molar-refractivity contribution in [1.82, 2.24) is 9.88 Å². The lowest BCUT2D eigenvalue weighted by atomic mass is 9.88. The highest BCUT2D eigenvalue weighted by Gasteiger charge is 2.24. The minimum Gasteiger partial charge on any atom is -0.493 e. The van der Waals surface area contributed by atoms with Gasteiger partial charge < -0.3 is 19.4 Å². The number of piperidine rings is 1. The summed E-state index contributed by atoms with van der Waals surface area (Å²) in [4.78, 5) is 18.0. The molecule has 3 aromatic rings. The van der Waals surface area contributed by atoms with E-state index in [1.807, 2.05) is 12.1 Å². The maximum Gasteiger partial charge on any atom is 0.222 e. The number of nitrogens with one attached hydrogen (secondary N) is 1. The van der Waals surface area contributed by atoms with Crippen LogP contribution in [0, 0.1) is 6.92 Å². The van der Waals surface area contributed by atoms with Gasteiger partial charge in [-0.3, -0.25) is 4.79 Å². The number of hydrogen-bond donors (Lipinski definition) is 1. The monoisotopic (exact) mass is 434 g/mol. The van der Waals surface area contributed by atoms with Crippen molar-refractivity contribution in [3.05, 3.63) is 47.5 Å². The zero-order chi connectivity index (χ0) is 22.7. The SMILES string of the molecule is CCCCC(=O)N1CCC(c2ccc3[nH]c(-c4ccc(OC)c(OC)c4)c(C)c3c2)CC1. The van der Waals surface area contributed by atoms with Crippen LogP contribution in [-0.4, -0.2) is 43.1 Å². The maximum absolute atomic E-state index is 12.3. The largest absolute Gasteiger partial charge is 0.493 e. The van der Waals surface area contributed by atoms with E-state index in [1.165, 1.54) is 16.5 Å². The molecule has 1 amide bonds. The molecule has 1 aliphatic rings. The molecule has 0 unspecified atom stereocenters. The first kappa shape index (κ1) is 22.3. The average Bonchev–Trinajstić information content (AvgIpc) is 3.17. The van der Waals surface area contributed by atoms with E-state index in [0.29, 0.717) is 18.2 Å². The molecule has 2 aromatic carbocycles. The number of H-pyrrole nitrogens is 1. The number of nitrogens with zero attached hydrogens (tertiary/aromatic N) is 1. The smallest absolute Gasteiger partial charge is 0.222 e. The van der Waals surface area contributed by atoms with E-state index >= 15 is 0 Å². The van der Waals surface area contributed by atoms with E-state index in [9.17, 15) is 4.79 Å². The van der Waals surface area contributed by atoms with E-state index < -0.39 is 0 Å². The van der Waals surface area contributed by atoms with Crippen molar-refractivity contribution in [2.75, 3.05) is 27.3 Å². The van der Waals surface area contributed by atoms with Crippen molar-refractivity contribution in [3.8, 4) is 22.8 Å². The number of unbranched alkanes of at least 4 members (excludes halogenated alkanes) is 1. The van der Waals surface area contributed by atoms with Gasteiger partial charge in [0.15, 0.2) is 11.5 Å². The van der Waals surface area contributed by atoms with Crippen LogP contribution in [0.25, 0.3) is 22.2 Å². The summed E-state index contributed by atoms with van der Waals surface area (Å²) in [7, 11) is 3.31. The number of hydrogen-bond acceptors (Lipinski definition) is 3. The molecule has 0 aliphatic carbocycles. The highest BCUT2D eigenvalue weighted by molar-refractivity contribution is 5.91. The molecule has 1 aromatic heterocycles. The quantitative estimate of drug-likeness (QED) is 0.492. The van der Waals surface area contributed by atoms with Gasteiger partial charge in [-0.2, -0.15) is 0 Å². The zero-order valence-electron chi connectivity index (χ0n) is 19.7. The second-order valence-electron chi connectivity index (χ2n) is 8.76. The molecule has 0 saturated carbocycles. The number of aromatic amines is 1. The topological polar surface area (TPSA) is 54.6 Å². The van der Waals surface area contributed by atoms with Crippen LogP contribution in [0.15, 0.2) is 36.4 Å². The summed E-state index contributed by atoms with van der Waals surface area (Å²) in [5, 5.41) is 1.26. The van der Waals surface area contributed by atoms with Crippen LogP contribution in [-0.2, 0) is 4.79 Å². The summed E-state index contributed by atoms with van der Waals surface area (Å²) in [6.07, 6.45) is 4.83. The van der Waals surface area contributed by atoms with Crippen molar-refractivity contribution in [3.63, 3.8) is 0 Å². The number of methoxy groups -OCH3 is 2. The van der Waals surface area contributed by atoms with E-state index in [0.717, 1.165) is 67.0 Å². The lowest BCUT2D eigenvalue weighted by Crippen LogP contribution is -2.37. The van der Waals surface area contributed by atoms with E-state index in [2.05, 4.69) is 48.0 Å². The third kappa shape index (κ3) is 4.34. The van der Waals surface area contributed by atoms with Crippen LogP contribution >= 0.6 is 0 Å². The second-order valence-corrected chi connectivity index (χ2v) is 8.76. The molecule has 1 saturated heterocycles. The summed E-state index contributed by atoms with van der Waals surface area (Å²) in [5.41, 5.74) is 5.94. The van der Waals surface area contributed by atoms with Crippen LogP contribution < -0.4 is 9.47 Å². The maximum atomic E-state index is 12.3. The second kappa shape index (κ2) is 9.68. The van der Waals surface area contributed by atoms with Gasteiger partial charge in [-0.25, -0.2) is 0 Å². The molecule has 0 bridgehead atoms. The molecule has 0 spiro atoms. The first-order valence-electron chi connectivity index (χ1n) is 11.7.